The zero-order chi connectivity index (χ0) is 10.8. The maximum absolute atomic E-state index is 5.60. The second-order valence-corrected chi connectivity index (χ2v) is 4.19. The molecule has 3 N–H and O–H groups in total. The molecule has 2 nitrogen and oxygen atoms in total. The normalized spacial score (nSPS) is 13.3. The fraction of sp³-hybridized carbons (Fsp3) is 0.385. The number of hydrogen-bond acceptors (Lipinski definition) is 1. The molecule has 0 bridgehead atoms. The highest BCUT2D eigenvalue weighted by atomic mass is 14.7. The minimum Gasteiger partial charge on any atom is -0.358 e. The van der Waals surface area contributed by atoms with Crippen molar-refractivity contribution in [2.45, 2.75) is 26.2 Å². The van der Waals surface area contributed by atoms with Gasteiger partial charge in [0.1, 0.15) is 0 Å². The number of aromatic amines is 1. The highest BCUT2D eigenvalue weighted by Gasteiger charge is 2.12. The van der Waals surface area contributed by atoms with Crippen molar-refractivity contribution in [2.75, 3.05) is 6.54 Å². The largest absolute Gasteiger partial charge is 0.358 e. The minimum atomic E-state index is 0.516. The van der Waals surface area contributed by atoms with Gasteiger partial charge in [-0.1, -0.05) is 25.1 Å². The molecule has 0 aliphatic heterocycles. The van der Waals surface area contributed by atoms with Crippen molar-refractivity contribution < 1.29 is 0 Å². The summed E-state index contributed by atoms with van der Waals surface area (Å²) in [5, 5.41) is 1.33. The van der Waals surface area contributed by atoms with Crippen LogP contribution in [0.4, 0.5) is 0 Å². The van der Waals surface area contributed by atoms with Gasteiger partial charge in [0.2, 0.25) is 0 Å². The lowest BCUT2D eigenvalue weighted by Crippen LogP contribution is -2.05. The number of aromatic nitrogens is 1. The van der Waals surface area contributed by atoms with Crippen LogP contribution in [-0.4, -0.2) is 11.5 Å². The van der Waals surface area contributed by atoms with Gasteiger partial charge in [-0.15, -0.1) is 0 Å². The summed E-state index contributed by atoms with van der Waals surface area (Å²) in [5.74, 6) is 0.516. The number of para-hydroxylation sites is 1. The van der Waals surface area contributed by atoms with Crippen molar-refractivity contribution in [3.63, 3.8) is 0 Å². The van der Waals surface area contributed by atoms with Crippen molar-refractivity contribution in [3.05, 3.63) is 35.5 Å². The van der Waals surface area contributed by atoms with Crippen LogP contribution in [0.25, 0.3) is 10.9 Å². The molecule has 1 atom stereocenters. The van der Waals surface area contributed by atoms with Gasteiger partial charge in [-0.25, -0.2) is 0 Å². The zero-order valence-electron chi connectivity index (χ0n) is 9.38. The molecule has 2 rings (SSSR count). The molecule has 1 aromatic carbocycles. The fourth-order valence-corrected chi connectivity index (χ4v) is 2.19. The maximum atomic E-state index is 5.60. The summed E-state index contributed by atoms with van der Waals surface area (Å²) in [6.45, 7) is 5.15. The molecule has 80 valence electrons. The van der Waals surface area contributed by atoms with Crippen LogP contribution in [0.3, 0.4) is 0 Å². The molecule has 1 heterocycles. The smallest absolute Gasteiger partial charge is 0.0458 e. The topological polar surface area (TPSA) is 41.8 Å². The van der Waals surface area contributed by atoms with Crippen molar-refractivity contribution >= 4 is 10.9 Å². The first-order valence-corrected chi connectivity index (χ1v) is 5.51. The van der Waals surface area contributed by atoms with Crippen LogP contribution in [0.5, 0.6) is 0 Å². The highest BCUT2D eigenvalue weighted by Crippen LogP contribution is 2.27. The molecule has 1 unspecified atom stereocenters. The SMILES string of the molecule is Cc1c(C(C)CCN)[nH]c2ccccc12. The molecular formula is C13H18N2. The van der Waals surface area contributed by atoms with E-state index < -0.39 is 0 Å². The van der Waals surface area contributed by atoms with Gasteiger partial charge in [-0.3, -0.25) is 0 Å². The molecule has 2 aromatic rings. The maximum Gasteiger partial charge on any atom is 0.0458 e. The summed E-state index contributed by atoms with van der Waals surface area (Å²) in [6, 6.07) is 8.44. The van der Waals surface area contributed by atoms with Crippen LogP contribution in [0.15, 0.2) is 24.3 Å². The van der Waals surface area contributed by atoms with E-state index in [1.807, 2.05) is 0 Å². The van der Waals surface area contributed by atoms with Gasteiger partial charge in [0, 0.05) is 16.6 Å². The Morgan fingerprint density at radius 2 is 2.07 bits per heavy atom. The number of nitrogens with one attached hydrogen (secondary N) is 1. The van der Waals surface area contributed by atoms with E-state index >= 15 is 0 Å². The standard InChI is InChI=1S/C13H18N2/c1-9(7-8-14)13-10(2)11-5-3-4-6-12(11)15-13/h3-6,9,15H,7-8,14H2,1-2H3. The second-order valence-electron chi connectivity index (χ2n) is 4.19. The van der Waals surface area contributed by atoms with Gasteiger partial charge in [0.05, 0.1) is 0 Å². The number of nitrogens with two attached hydrogens (primary N) is 1. The predicted molar refractivity (Wildman–Crippen MR) is 65.1 cm³/mol. The highest BCUT2D eigenvalue weighted by molar-refractivity contribution is 5.84. The molecule has 0 aliphatic rings. The molecular weight excluding hydrogens is 184 g/mol. The molecule has 0 saturated heterocycles. The summed E-state index contributed by atoms with van der Waals surface area (Å²) >= 11 is 0. The van der Waals surface area contributed by atoms with E-state index in [1.54, 1.807) is 0 Å². The Bertz CT molecular complexity index is 457. The van der Waals surface area contributed by atoms with Crippen LogP contribution < -0.4 is 5.73 Å². The lowest BCUT2D eigenvalue weighted by Gasteiger charge is -2.09. The molecule has 0 amide bonds. The zero-order valence-corrected chi connectivity index (χ0v) is 9.38. The Morgan fingerprint density at radius 1 is 1.33 bits per heavy atom. The average molecular weight is 202 g/mol. The van der Waals surface area contributed by atoms with Crippen molar-refractivity contribution in [2.24, 2.45) is 5.73 Å². The molecule has 1 aromatic heterocycles. The number of H-pyrrole nitrogens is 1. The third kappa shape index (κ3) is 1.77. The number of benzene rings is 1. The van der Waals surface area contributed by atoms with Crippen LogP contribution in [0.2, 0.25) is 0 Å². The van der Waals surface area contributed by atoms with E-state index in [0.717, 1.165) is 13.0 Å². The van der Waals surface area contributed by atoms with Crippen molar-refractivity contribution in [1.29, 1.82) is 0 Å². The first kappa shape index (κ1) is 10.2. The molecule has 15 heavy (non-hydrogen) atoms. The Morgan fingerprint density at radius 3 is 2.73 bits per heavy atom. The van der Waals surface area contributed by atoms with Crippen LogP contribution >= 0.6 is 0 Å². The van der Waals surface area contributed by atoms with E-state index in [9.17, 15) is 0 Å². The summed E-state index contributed by atoms with van der Waals surface area (Å²) in [7, 11) is 0. The molecule has 0 spiro atoms. The monoisotopic (exact) mass is 202 g/mol. The second kappa shape index (κ2) is 4.07. The van der Waals surface area contributed by atoms with E-state index in [2.05, 4.69) is 43.1 Å². The third-order valence-electron chi connectivity index (χ3n) is 3.10. The number of hydrogen-bond donors (Lipinski definition) is 2. The first-order chi connectivity index (χ1) is 7.24. The summed E-state index contributed by atoms with van der Waals surface area (Å²) in [5.41, 5.74) is 9.53. The van der Waals surface area contributed by atoms with E-state index in [4.69, 9.17) is 5.73 Å². The average Bonchev–Trinajstić information content (AvgIpc) is 2.57. The van der Waals surface area contributed by atoms with Crippen LogP contribution in [0, 0.1) is 6.92 Å². The van der Waals surface area contributed by atoms with Gasteiger partial charge >= 0.3 is 0 Å². The van der Waals surface area contributed by atoms with Crippen LogP contribution in [-0.2, 0) is 0 Å². The van der Waals surface area contributed by atoms with Gasteiger partial charge in [0.15, 0.2) is 0 Å². The minimum absolute atomic E-state index is 0.516. The first-order valence-electron chi connectivity index (χ1n) is 5.51. The predicted octanol–water partition coefficient (Wildman–Crippen LogP) is 2.93. The molecule has 0 aliphatic carbocycles. The molecule has 2 heteroatoms. The van der Waals surface area contributed by atoms with Crippen molar-refractivity contribution in [1.82, 2.24) is 4.98 Å². The van der Waals surface area contributed by atoms with Crippen LogP contribution in [0.1, 0.15) is 30.5 Å². The Balaban J connectivity index is 2.48. The van der Waals surface area contributed by atoms with E-state index in [-0.39, 0.29) is 0 Å². The summed E-state index contributed by atoms with van der Waals surface area (Å²) < 4.78 is 0. The Hall–Kier alpha value is -1.28. The fourth-order valence-electron chi connectivity index (χ4n) is 2.19. The summed E-state index contributed by atoms with van der Waals surface area (Å²) in [6.07, 6.45) is 1.04. The number of aryl methyl sites for hydroxylation is 1. The number of fused-ring (bicyclic) bond motifs is 1. The molecule has 0 radical (unpaired) electrons. The lowest BCUT2D eigenvalue weighted by atomic mass is 10.00. The van der Waals surface area contributed by atoms with Gasteiger partial charge in [-0.2, -0.15) is 0 Å². The van der Waals surface area contributed by atoms with Crippen molar-refractivity contribution in [3.8, 4) is 0 Å². The molecule has 0 fully saturated rings. The third-order valence-corrected chi connectivity index (χ3v) is 3.10. The summed E-state index contributed by atoms with van der Waals surface area (Å²) in [4.78, 5) is 3.49. The van der Waals surface area contributed by atoms with Gasteiger partial charge in [0.25, 0.3) is 0 Å². The Labute approximate surface area is 90.5 Å². The van der Waals surface area contributed by atoms with E-state index in [1.165, 1.54) is 22.2 Å². The van der Waals surface area contributed by atoms with Gasteiger partial charge < -0.3 is 10.7 Å². The lowest BCUT2D eigenvalue weighted by molar-refractivity contribution is 0.672. The Kier molecular flexibility index (Phi) is 2.78. The van der Waals surface area contributed by atoms with Gasteiger partial charge in [-0.05, 0) is 37.4 Å². The van der Waals surface area contributed by atoms with E-state index in [0.29, 0.717) is 5.92 Å². The quantitative estimate of drug-likeness (QED) is 0.789. The number of rotatable bonds is 3. The molecule has 0 saturated carbocycles.